The summed E-state index contributed by atoms with van der Waals surface area (Å²) in [5.74, 6) is 0.405. The fraction of sp³-hybridized carbons (Fsp3) is 0.188. The largest absolute Gasteiger partial charge is 0.454 e. The fourth-order valence-corrected chi connectivity index (χ4v) is 3.19. The summed E-state index contributed by atoms with van der Waals surface area (Å²) >= 11 is 0. The Balaban J connectivity index is 1.65. The molecule has 2 aromatic rings. The summed E-state index contributed by atoms with van der Waals surface area (Å²) in [5.41, 5.74) is 1.54. The zero-order valence-corrected chi connectivity index (χ0v) is 13.7. The monoisotopic (exact) mass is 348 g/mol. The molecule has 1 heterocycles. The molecule has 24 heavy (non-hydrogen) atoms. The number of amides is 1. The van der Waals surface area contributed by atoms with Gasteiger partial charge in [0.1, 0.15) is 0 Å². The summed E-state index contributed by atoms with van der Waals surface area (Å²) in [6.45, 7) is 1.54. The predicted octanol–water partition coefficient (Wildman–Crippen LogP) is 1.64. The Morgan fingerprint density at radius 3 is 2.67 bits per heavy atom. The molecule has 2 N–H and O–H groups in total. The number of hydrogen-bond acceptors (Lipinski definition) is 5. The van der Waals surface area contributed by atoms with E-state index in [2.05, 4.69) is 10.0 Å². The van der Waals surface area contributed by atoms with Crippen LogP contribution in [0, 0.1) is 6.92 Å². The van der Waals surface area contributed by atoms with Gasteiger partial charge in [-0.2, -0.15) is 0 Å². The maximum absolute atomic E-state index is 12.3. The third-order valence-electron chi connectivity index (χ3n) is 3.50. The fourth-order valence-electron chi connectivity index (χ4n) is 2.20. The zero-order valence-electron chi connectivity index (χ0n) is 12.9. The molecule has 0 aromatic heterocycles. The number of rotatable bonds is 5. The molecular formula is C16H16N2O5S. The highest BCUT2D eigenvalue weighted by Gasteiger charge is 2.21. The number of ether oxygens (including phenoxy) is 2. The van der Waals surface area contributed by atoms with Gasteiger partial charge in [-0.1, -0.05) is 18.2 Å². The molecule has 8 heteroatoms. The Kier molecular flexibility index (Phi) is 4.41. The van der Waals surface area contributed by atoms with E-state index in [1.165, 1.54) is 18.2 Å². The first-order chi connectivity index (χ1) is 11.5. The molecule has 0 bridgehead atoms. The Hall–Kier alpha value is -2.58. The number of benzene rings is 2. The van der Waals surface area contributed by atoms with Crippen LogP contribution in [0.25, 0.3) is 0 Å². The molecule has 0 aliphatic carbocycles. The maximum atomic E-state index is 12.3. The summed E-state index contributed by atoms with van der Waals surface area (Å²) in [5, 5.41) is 2.67. The average molecular weight is 348 g/mol. The van der Waals surface area contributed by atoms with Crippen molar-refractivity contribution in [1.82, 2.24) is 4.72 Å². The Labute approximate surface area is 139 Å². The van der Waals surface area contributed by atoms with E-state index < -0.39 is 15.9 Å². The molecule has 3 rings (SSSR count). The molecule has 1 amide bonds. The maximum Gasteiger partial charge on any atom is 0.241 e. The average Bonchev–Trinajstić information content (AvgIpc) is 3.03. The molecule has 7 nitrogen and oxygen atoms in total. The second-order valence-corrected chi connectivity index (χ2v) is 6.97. The first kappa shape index (κ1) is 16.3. The van der Waals surface area contributed by atoms with Crippen LogP contribution in [0.5, 0.6) is 11.5 Å². The molecule has 0 atom stereocenters. The van der Waals surface area contributed by atoms with Crippen molar-refractivity contribution in [2.24, 2.45) is 0 Å². The van der Waals surface area contributed by atoms with Crippen LogP contribution in [0.15, 0.2) is 47.4 Å². The minimum absolute atomic E-state index is 0.00967. The first-order valence-corrected chi connectivity index (χ1v) is 8.69. The van der Waals surface area contributed by atoms with Crippen molar-refractivity contribution in [2.45, 2.75) is 11.8 Å². The highest BCUT2D eigenvalue weighted by molar-refractivity contribution is 7.89. The van der Waals surface area contributed by atoms with Crippen LogP contribution >= 0.6 is 0 Å². The lowest BCUT2D eigenvalue weighted by Gasteiger charge is -2.10. The van der Waals surface area contributed by atoms with Gasteiger partial charge in [-0.3, -0.25) is 4.79 Å². The van der Waals surface area contributed by atoms with E-state index in [0.29, 0.717) is 17.2 Å². The second kappa shape index (κ2) is 6.50. The summed E-state index contributed by atoms with van der Waals surface area (Å²) < 4.78 is 37.1. The quantitative estimate of drug-likeness (QED) is 0.857. The Morgan fingerprint density at radius 1 is 1.12 bits per heavy atom. The van der Waals surface area contributed by atoms with Crippen LogP contribution in [0.1, 0.15) is 5.56 Å². The SMILES string of the molecule is Cc1ccccc1NC(=O)CNS(=O)(=O)c1ccc2c(c1)OCO2. The van der Waals surface area contributed by atoms with Crippen LogP contribution in [0.3, 0.4) is 0 Å². The smallest absolute Gasteiger partial charge is 0.241 e. The van der Waals surface area contributed by atoms with E-state index in [1.54, 1.807) is 12.1 Å². The van der Waals surface area contributed by atoms with Crippen molar-refractivity contribution >= 4 is 21.6 Å². The van der Waals surface area contributed by atoms with Gasteiger partial charge in [-0.25, -0.2) is 13.1 Å². The number of aryl methyl sites for hydroxylation is 1. The number of para-hydroxylation sites is 1. The third-order valence-corrected chi connectivity index (χ3v) is 4.90. The number of nitrogens with one attached hydrogen (secondary N) is 2. The van der Waals surface area contributed by atoms with Crippen LogP contribution in [0.2, 0.25) is 0 Å². The summed E-state index contributed by atoms with van der Waals surface area (Å²) in [6, 6.07) is 11.5. The van der Waals surface area contributed by atoms with Crippen molar-refractivity contribution < 1.29 is 22.7 Å². The molecule has 126 valence electrons. The van der Waals surface area contributed by atoms with E-state index >= 15 is 0 Å². The van der Waals surface area contributed by atoms with Gasteiger partial charge in [-0.15, -0.1) is 0 Å². The van der Waals surface area contributed by atoms with Crippen molar-refractivity contribution in [2.75, 3.05) is 18.7 Å². The van der Waals surface area contributed by atoms with E-state index in [0.717, 1.165) is 5.56 Å². The molecule has 1 aliphatic heterocycles. The normalized spacial score (nSPS) is 12.9. The van der Waals surface area contributed by atoms with Gasteiger partial charge < -0.3 is 14.8 Å². The number of carbonyl (C=O) groups excluding carboxylic acids is 1. The standard InChI is InChI=1S/C16H16N2O5S/c1-11-4-2-3-5-13(11)18-16(19)9-17-24(20,21)12-6-7-14-15(8-12)23-10-22-14/h2-8,17H,9-10H2,1H3,(H,18,19). The zero-order chi connectivity index (χ0) is 17.2. The van der Waals surface area contributed by atoms with Crippen molar-refractivity contribution in [1.29, 1.82) is 0 Å². The van der Waals surface area contributed by atoms with Crippen LogP contribution in [-0.4, -0.2) is 27.7 Å². The van der Waals surface area contributed by atoms with Crippen molar-refractivity contribution in [3.05, 3.63) is 48.0 Å². The van der Waals surface area contributed by atoms with Gasteiger partial charge in [0.25, 0.3) is 0 Å². The van der Waals surface area contributed by atoms with Crippen molar-refractivity contribution in [3.63, 3.8) is 0 Å². The first-order valence-electron chi connectivity index (χ1n) is 7.20. The van der Waals surface area contributed by atoms with E-state index in [1.807, 2.05) is 19.1 Å². The minimum atomic E-state index is -3.83. The number of hydrogen-bond donors (Lipinski definition) is 2. The van der Waals surface area contributed by atoms with Crippen LogP contribution < -0.4 is 19.5 Å². The van der Waals surface area contributed by atoms with Gasteiger partial charge in [0.15, 0.2) is 11.5 Å². The van der Waals surface area contributed by atoms with Gasteiger partial charge in [0, 0.05) is 11.8 Å². The topological polar surface area (TPSA) is 93.7 Å². The van der Waals surface area contributed by atoms with E-state index in [-0.39, 0.29) is 18.2 Å². The van der Waals surface area contributed by atoms with Gasteiger partial charge in [-0.05, 0) is 30.7 Å². The molecule has 0 spiro atoms. The molecule has 2 aromatic carbocycles. The van der Waals surface area contributed by atoms with Gasteiger partial charge in [0.2, 0.25) is 22.7 Å². The van der Waals surface area contributed by atoms with Crippen LogP contribution in [0.4, 0.5) is 5.69 Å². The predicted molar refractivity (Wildman–Crippen MR) is 87.6 cm³/mol. The molecular weight excluding hydrogens is 332 g/mol. The Morgan fingerprint density at radius 2 is 1.88 bits per heavy atom. The van der Waals surface area contributed by atoms with Crippen LogP contribution in [-0.2, 0) is 14.8 Å². The van der Waals surface area contributed by atoms with E-state index in [4.69, 9.17) is 9.47 Å². The molecule has 0 saturated heterocycles. The summed E-state index contributed by atoms with van der Waals surface area (Å²) in [4.78, 5) is 12.0. The van der Waals surface area contributed by atoms with Crippen molar-refractivity contribution in [3.8, 4) is 11.5 Å². The van der Waals surface area contributed by atoms with Gasteiger partial charge in [0.05, 0.1) is 11.4 Å². The van der Waals surface area contributed by atoms with E-state index in [9.17, 15) is 13.2 Å². The summed E-state index contributed by atoms with van der Waals surface area (Å²) in [6.07, 6.45) is 0. The number of carbonyl (C=O) groups is 1. The number of anilines is 1. The lowest BCUT2D eigenvalue weighted by atomic mass is 10.2. The molecule has 0 fully saturated rings. The lowest BCUT2D eigenvalue weighted by molar-refractivity contribution is -0.115. The number of sulfonamides is 1. The molecule has 0 unspecified atom stereocenters. The molecule has 0 radical (unpaired) electrons. The molecule has 0 saturated carbocycles. The lowest BCUT2D eigenvalue weighted by Crippen LogP contribution is -2.33. The molecule has 1 aliphatic rings. The summed E-state index contributed by atoms with van der Waals surface area (Å²) in [7, 11) is -3.83. The minimum Gasteiger partial charge on any atom is -0.454 e. The highest BCUT2D eigenvalue weighted by Crippen LogP contribution is 2.33. The highest BCUT2D eigenvalue weighted by atomic mass is 32.2. The third kappa shape index (κ3) is 3.50. The second-order valence-electron chi connectivity index (χ2n) is 5.20. The van der Waals surface area contributed by atoms with Gasteiger partial charge >= 0.3 is 0 Å². The number of fused-ring (bicyclic) bond motifs is 1. The Bertz CT molecular complexity index is 880.